The van der Waals surface area contributed by atoms with E-state index in [4.69, 9.17) is 5.26 Å². The molecule has 0 atom stereocenters. The number of hydrogen-bond acceptors (Lipinski definition) is 4. The highest BCUT2D eigenvalue weighted by Gasteiger charge is 2.16. The fraction of sp³-hybridized carbons (Fsp3) is 0.118. The monoisotopic (exact) mass is 306 g/mol. The molecule has 4 nitrogen and oxygen atoms in total. The average molecular weight is 306 g/mol. The summed E-state index contributed by atoms with van der Waals surface area (Å²) >= 11 is 1.44. The van der Waals surface area contributed by atoms with Gasteiger partial charge in [-0.2, -0.15) is 10.4 Å². The Kier molecular flexibility index (Phi) is 4.22. The first-order valence-corrected chi connectivity index (χ1v) is 7.83. The van der Waals surface area contributed by atoms with Crippen LogP contribution < -0.4 is 0 Å². The highest BCUT2D eigenvalue weighted by Crippen LogP contribution is 2.37. The Hall–Kier alpha value is -2.58. The molecule has 0 aliphatic heterocycles. The number of aryl methyl sites for hydroxylation is 1. The van der Waals surface area contributed by atoms with Gasteiger partial charge in [0.1, 0.15) is 5.03 Å². The number of thioether (sulfide) groups is 1. The standard InChI is InChI=1S/C17H14N4S/c1-12-2-4-14(5-3-12)16-15(13-6-9-19-10-7-13)17(21-20-16)22-11-8-18/h2-7,9-10H,11H2,1H3,(H,20,21). The van der Waals surface area contributed by atoms with Gasteiger partial charge in [-0.3, -0.25) is 10.1 Å². The maximum Gasteiger partial charge on any atom is 0.127 e. The summed E-state index contributed by atoms with van der Waals surface area (Å²) in [4.78, 5) is 4.07. The number of H-pyrrole nitrogens is 1. The van der Waals surface area contributed by atoms with Crippen LogP contribution in [0.2, 0.25) is 0 Å². The van der Waals surface area contributed by atoms with E-state index in [0.29, 0.717) is 5.75 Å². The number of rotatable bonds is 4. The molecule has 5 heteroatoms. The lowest BCUT2D eigenvalue weighted by atomic mass is 10.0. The number of benzene rings is 1. The SMILES string of the molecule is Cc1ccc(-c2[nH]nc(SCC#N)c2-c2ccncc2)cc1. The van der Waals surface area contributed by atoms with Gasteiger partial charge in [-0.15, -0.1) is 0 Å². The van der Waals surface area contributed by atoms with Crippen LogP contribution in [0.5, 0.6) is 0 Å². The third kappa shape index (κ3) is 2.87. The van der Waals surface area contributed by atoms with E-state index in [1.54, 1.807) is 12.4 Å². The first kappa shape index (κ1) is 14.4. The van der Waals surface area contributed by atoms with Gasteiger partial charge in [0.2, 0.25) is 0 Å². The average Bonchev–Trinajstić information content (AvgIpc) is 2.98. The van der Waals surface area contributed by atoms with Crippen molar-refractivity contribution in [1.29, 1.82) is 5.26 Å². The molecule has 3 rings (SSSR count). The molecule has 2 heterocycles. The molecule has 0 radical (unpaired) electrons. The van der Waals surface area contributed by atoms with Crippen molar-refractivity contribution in [2.45, 2.75) is 11.9 Å². The molecule has 2 aromatic heterocycles. The summed E-state index contributed by atoms with van der Waals surface area (Å²) in [6, 6.07) is 14.4. The zero-order chi connectivity index (χ0) is 15.4. The van der Waals surface area contributed by atoms with Crippen LogP contribution in [0.15, 0.2) is 53.8 Å². The second kappa shape index (κ2) is 6.46. The predicted octanol–water partition coefficient (Wildman–Crippen LogP) is 4.06. The molecule has 0 fully saturated rings. The van der Waals surface area contributed by atoms with Gasteiger partial charge in [0, 0.05) is 23.5 Å². The first-order valence-electron chi connectivity index (χ1n) is 6.85. The minimum absolute atomic E-state index is 0.371. The van der Waals surface area contributed by atoms with Gasteiger partial charge in [0.05, 0.1) is 17.5 Å². The topological polar surface area (TPSA) is 65.4 Å². The lowest BCUT2D eigenvalue weighted by molar-refractivity contribution is 1.01. The number of nitrogens with zero attached hydrogens (tertiary/aromatic N) is 3. The van der Waals surface area contributed by atoms with E-state index < -0.39 is 0 Å². The molecule has 0 unspecified atom stereocenters. The van der Waals surface area contributed by atoms with Crippen LogP contribution in [0.1, 0.15) is 5.56 Å². The lowest BCUT2D eigenvalue weighted by Crippen LogP contribution is -1.85. The lowest BCUT2D eigenvalue weighted by Gasteiger charge is -2.06. The molecular formula is C17H14N4S. The number of nitriles is 1. The molecule has 108 valence electrons. The van der Waals surface area contributed by atoms with Crippen molar-refractivity contribution >= 4 is 11.8 Å². The van der Waals surface area contributed by atoms with Crippen LogP contribution in [0.25, 0.3) is 22.4 Å². The maximum atomic E-state index is 8.82. The highest BCUT2D eigenvalue weighted by atomic mass is 32.2. The van der Waals surface area contributed by atoms with Crippen LogP contribution in [0.3, 0.4) is 0 Å². The van der Waals surface area contributed by atoms with E-state index in [-0.39, 0.29) is 0 Å². The fourth-order valence-electron chi connectivity index (χ4n) is 2.25. The Balaban J connectivity index is 2.12. The normalized spacial score (nSPS) is 10.4. The molecule has 0 bridgehead atoms. The van der Waals surface area contributed by atoms with Crippen LogP contribution in [0.4, 0.5) is 0 Å². The number of hydrogen-bond donors (Lipinski definition) is 1. The molecule has 0 aliphatic rings. The van der Waals surface area contributed by atoms with Gasteiger partial charge in [-0.05, 0) is 24.6 Å². The van der Waals surface area contributed by atoms with Crippen molar-refractivity contribution in [3.63, 3.8) is 0 Å². The van der Waals surface area contributed by atoms with E-state index in [2.05, 4.69) is 52.4 Å². The minimum atomic E-state index is 0.371. The summed E-state index contributed by atoms with van der Waals surface area (Å²) in [6.07, 6.45) is 3.53. The number of nitrogens with one attached hydrogen (secondary N) is 1. The van der Waals surface area contributed by atoms with Crippen molar-refractivity contribution in [2.75, 3.05) is 5.75 Å². The summed E-state index contributed by atoms with van der Waals surface area (Å²) in [5.41, 5.74) is 5.32. The van der Waals surface area contributed by atoms with Crippen molar-refractivity contribution in [3.8, 4) is 28.5 Å². The maximum absolute atomic E-state index is 8.82. The number of pyridine rings is 1. The quantitative estimate of drug-likeness (QED) is 0.738. The largest absolute Gasteiger partial charge is 0.276 e. The Bertz CT molecular complexity index is 801. The molecule has 1 aromatic carbocycles. The van der Waals surface area contributed by atoms with Gasteiger partial charge in [0.25, 0.3) is 0 Å². The summed E-state index contributed by atoms with van der Waals surface area (Å²) in [5.74, 6) is 0.371. The molecule has 3 aromatic rings. The summed E-state index contributed by atoms with van der Waals surface area (Å²) in [6.45, 7) is 2.06. The molecule has 0 aliphatic carbocycles. The zero-order valence-electron chi connectivity index (χ0n) is 12.1. The molecule has 0 spiro atoms. The van der Waals surface area contributed by atoms with Gasteiger partial charge >= 0.3 is 0 Å². The Morgan fingerprint density at radius 1 is 1.09 bits per heavy atom. The van der Waals surface area contributed by atoms with Gasteiger partial charge < -0.3 is 0 Å². The smallest absolute Gasteiger partial charge is 0.127 e. The third-order valence-corrected chi connectivity index (χ3v) is 4.16. The molecular weight excluding hydrogens is 292 g/mol. The summed E-state index contributed by atoms with van der Waals surface area (Å²) < 4.78 is 0. The van der Waals surface area contributed by atoms with Crippen molar-refractivity contribution in [1.82, 2.24) is 15.2 Å². The molecule has 0 saturated heterocycles. The highest BCUT2D eigenvalue weighted by molar-refractivity contribution is 7.99. The number of aromatic amines is 1. The second-order valence-corrected chi connectivity index (χ2v) is 5.79. The Labute approximate surface area is 133 Å². The van der Waals surface area contributed by atoms with Crippen LogP contribution >= 0.6 is 11.8 Å². The molecule has 0 amide bonds. The van der Waals surface area contributed by atoms with Crippen molar-refractivity contribution in [3.05, 3.63) is 54.4 Å². The van der Waals surface area contributed by atoms with E-state index in [0.717, 1.165) is 27.4 Å². The second-order valence-electron chi connectivity index (χ2n) is 4.83. The molecule has 0 saturated carbocycles. The van der Waals surface area contributed by atoms with Crippen molar-refractivity contribution < 1.29 is 0 Å². The molecule has 22 heavy (non-hydrogen) atoms. The van der Waals surface area contributed by atoms with E-state index >= 15 is 0 Å². The van der Waals surface area contributed by atoms with Gasteiger partial charge in [-0.25, -0.2) is 0 Å². The zero-order valence-corrected chi connectivity index (χ0v) is 12.9. The Morgan fingerprint density at radius 2 is 1.82 bits per heavy atom. The van der Waals surface area contributed by atoms with Crippen LogP contribution in [-0.2, 0) is 0 Å². The molecule has 1 N–H and O–H groups in total. The van der Waals surface area contributed by atoms with E-state index in [9.17, 15) is 0 Å². The van der Waals surface area contributed by atoms with E-state index in [1.165, 1.54) is 17.3 Å². The van der Waals surface area contributed by atoms with Crippen LogP contribution in [0, 0.1) is 18.3 Å². The third-order valence-electron chi connectivity index (χ3n) is 3.32. The van der Waals surface area contributed by atoms with E-state index in [1.807, 2.05) is 12.1 Å². The summed E-state index contributed by atoms with van der Waals surface area (Å²) in [7, 11) is 0. The van der Waals surface area contributed by atoms with Gasteiger partial charge in [0.15, 0.2) is 0 Å². The fourth-order valence-corrected chi connectivity index (χ4v) is 2.92. The summed E-state index contributed by atoms with van der Waals surface area (Å²) in [5, 5.41) is 17.2. The van der Waals surface area contributed by atoms with Gasteiger partial charge in [-0.1, -0.05) is 41.6 Å². The Morgan fingerprint density at radius 3 is 2.50 bits per heavy atom. The first-order chi connectivity index (χ1) is 10.8. The minimum Gasteiger partial charge on any atom is -0.276 e. The van der Waals surface area contributed by atoms with Crippen molar-refractivity contribution in [2.24, 2.45) is 0 Å². The van der Waals surface area contributed by atoms with Crippen LogP contribution in [-0.4, -0.2) is 20.9 Å². The number of aromatic nitrogens is 3. The predicted molar refractivity (Wildman–Crippen MR) is 88.3 cm³/mol.